The third-order valence-electron chi connectivity index (χ3n) is 3.74. The smallest absolute Gasteiger partial charge is 0.230 e. The Balaban J connectivity index is 2.24. The fourth-order valence-corrected chi connectivity index (χ4v) is 2.98. The van der Waals surface area contributed by atoms with Gasteiger partial charge in [0, 0.05) is 10.8 Å². The van der Waals surface area contributed by atoms with Gasteiger partial charge in [-0.1, -0.05) is 13.8 Å². The van der Waals surface area contributed by atoms with E-state index < -0.39 is 0 Å². The summed E-state index contributed by atoms with van der Waals surface area (Å²) in [5, 5.41) is 7.17. The van der Waals surface area contributed by atoms with Crippen molar-refractivity contribution in [2.24, 2.45) is 0 Å². The van der Waals surface area contributed by atoms with E-state index >= 15 is 0 Å². The second-order valence-corrected chi connectivity index (χ2v) is 6.36. The van der Waals surface area contributed by atoms with Gasteiger partial charge < -0.3 is 10.6 Å². The van der Waals surface area contributed by atoms with Crippen LogP contribution in [-0.2, 0) is 4.79 Å². The molecule has 100 valence electrons. The summed E-state index contributed by atoms with van der Waals surface area (Å²) in [4.78, 5) is 11.9. The molecule has 0 bridgehead atoms. The largest absolute Gasteiger partial charge is 0.350 e. The lowest BCUT2D eigenvalue weighted by atomic mass is 9.96. The van der Waals surface area contributed by atoms with Crippen molar-refractivity contribution in [1.29, 1.82) is 0 Å². The van der Waals surface area contributed by atoms with E-state index in [4.69, 9.17) is 0 Å². The number of carbonyl (C=O) groups is 1. The van der Waals surface area contributed by atoms with Gasteiger partial charge in [0.05, 0.1) is 5.75 Å². The summed E-state index contributed by atoms with van der Waals surface area (Å²) in [6.45, 7) is 8.58. The lowest BCUT2D eigenvalue weighted by Gasteiger charge is -2.29. The lowest BCUT2D eigenvalue weighted by Crippen LogP contribution is -2.46. The van der Waals surface area contributed by atoms with Crippen LogP contribution in [0.4, 0.5) is 0 Å². The molecule has 3 nitrogen and oxygen atoms in total. The van der Waals surface area contributed by atoms with Crippen molar-refractivity contribution >= 4 is 17.7 Å². The second-order valence-electron chi connectivity index (χ2n) is 5.08. The van der Waals surface area contributed by atoms with Crippen LogP contribution in [0, 0.1) is 0 Å². The highest BCUT2D eigenvalue weighted by Gasteiger charge is 2.22. The summed E-state index contributed by atoms with van der Waals surface area (Å²) >= 11 is 1.82. The Hall–Kier alpha value is -0.220. The van der Waals surface area contributed by atoms with Crippen molar-refractivity contribution in [2.45, 2.75) is 57.2 Å². The van der Waals surface area contributed by atoms with E-state index in [1.165, 1.54) is 12.8 Å². The normalized spacial score (nSPS) is 18.1. The van der Waals surface area contributed by atoms with Crippen molar-refractivity contribution in [3.05, 3.63) is 0 Å². The maximum atomic E-state index is 11.9. The van der Waals surface area contributed by atoms with Crippen LogP contribution < -0.4 is 10.6 Å². The molecule has 0 aliphatic carbocycles. The third kappa shape index (κ3) is 5.30. The van der Waals surface area contributed by atoms with Crippen LogP contribution >= 0.6 is 11.8 Å². The molecule has 0 aromatic carbocycles. The molecule has 2 N–H and O–H groups in total. The Bertz CT molecular complexity index is 236. The van der Waals surface area contributed by atoms with Crippen molar-refractivity contribution in [3.8, 4) is 0 Å². The maximum absolute atomic E-state index is 11.9. The van der Waals surface area contributed by atoms with Crippen molar-refractivity contribution < 1.29 is 4.79 Å². The molecular weight excluding hydrogens is 232 g/mol. The molecule has 1 rings (SSSR count). The van der Waals surface area contributed by atoms with Crippen molar-refractivity contribution in [3.63, 3.8) is 0 Å². The van der Waals surface area contributed by atoms with Gasteiger partial charge in [-0.25, -0.2) is 0 Å². The summed E-state index contributed by atoms with van der Waals surface area (Å²) < 4.78 is 0. The van der Waals surface area contributed by atoms with E-state index in [1.807, 2.05) is 11.8 Å². The summed E-state index contributed by atoms with van der Waals surface area (Å²) in [5.74, 6) is 0.806. The van der Waals surface area contributed by atoms with Crippen LogP contribution in [0.15, 0.2) is 0 Å². The Kier molecular flexibility index (Phi) is 6.34. The Morgan fingerprint density at radius 3 is 2.47 bits per heavy atom. The SMILES string of the molecule is CCC(C)(CC)NC(=O)CSC1CCNCC1. The van der Waals surface area contributed by atoms with Gasteiger partial charge in [0.15, 0.2) is 0 Å². The number of nitrogens with one attached hydrogen (secondary N) is 2. The minimum absolute atomic E-state index is 0.0221. The van der Waals surface area contributed by atoms with Gasteiger partial charge in [0.25, 0.3) is 0 Å². The van der Waals surface area contributed by atoms with Crippen LogP contribution in [0.1, 0.15) is 46.5 Å². The predicted molar refractivity (Wildman–Crippen MR) is 75.5 cm³/mol. The molecule has 0 spiro atoms. The molecule has 0 aromatic rings. The molecule has 1 aliphatic heterocycles. The second kappa shape index (κ2) is 7.27. The van der Waals surface area contributed by atoms with Crippen LogP contribution in [-0.4, -0.2) is 35.5 Å². The third-order valence-corrected chi connectivity index (χ3v) is 5.11. The number of thioether (sulfide) groups is 1. The first-order chi connectivity index (χ1) is 8.09. The van der Waals surface area contributed by atoms with Crippen LogP contribution in [0.2, 0.25) is 0 Å². The monoisotopic (exact) mass is 258 g/mol. The van der Waals surface area contributed by atoms with Gasteiger partial charge in [-0.05, 0) is 45.7 Å². The summed E-state index contributed by atoms with van der Waals surface area (Å²) in [7, 11) is 0. The fraction of sp³-hybridized carbons (Fsp3) is 0.923. The number of piperidine rings is 1. The van der Waals surface area contributed by atoms with E-state index in [2.05, 4.69) is 31.4 Å². The van der Waals surface area contributed by atoms with E-state index in [-0.39, 0.29) is 11.4 Å². The molecule has 1 heterocycles. The molecule has 0 atom stereocenters. The van der Waals surface area contributed by atoms with E-state index in [0.717, 1.165) is 25.9 Å². The molecule has 1 fully saturated rings. The zero-order valence-corrected chi connectivity index (χ0v) is 12.2. The Morgan fingerprint density at radius 2 is 1.94 bits per heavy atom. The van der Waals surface area contributed by atoms with Crippen LogP contribution in [0.3, 0.4) is 0 Å². The highest BCUT2D eigenvalue weighted by atomic mass is 32.2. The van der Waals surface area contributed by atoms with Gasteiger partial charge in [0.2, 0.25) is 5.91 Å². The number of carbonyl (C=O) groups excluding carboxylic acids is 1. The summed E-state index contributed by atoms with van der Waals surface area (Å²) in [6.07, 6.45) is 4.37. The molecule has 4 heteroatoms. The highest BCUT2D eigenvalue weighted by Crippen LogP contribution is 2.20. The Labute approximate surface area is 109 Å². The van der Waals surface area contributed by atoms with Crippen molar-refractivity contribution in [2.75, 3.05) is 18.8 Å². The van der Waals surface area contributed by atoms with Crippen molar-refractivity contribution in [1.82, 2.24) is 10.6 Å². The standard InChI is InChI=1S/C13H26N2OS/c1-4-13(3,5-2)15-12(16)10-17-11-6-8-14-9-7-11/h11,14H,4-10H2,1-3H3,(H,15,16). The van der Waals surface area contributed by atoms with Gasteiger partial charge in [0.1, 0.15) is 0 Å². The first-order valence-corrected chi connectivity index (χ1v) is 7.78. The first kappa shape index (κ1) is 14.8. The topological polar surface area (TPSA) is 41.1 Å². The van der Waals surface area contributed by atoms with Gasteiger partial charge in [-0.15, -0.1) is 11.8 Å². The molecule has 1 saturated heterocycles. The zero-order valence-electron chi connectivity index (χ0n) is 11.3. The molecule has 1 aliphatic rings. The molecular formula is C13H26N2OS. The van der Waals surface area contributed by atoms with Crippen LogP contribution in [0.25, 0.3) is 0 Å². The zero-order chi connectivity index (χ0) is 12.7. The number of rotatable bonds is 6. The van der Waals surface area contributed by atoms with E-state index in [0.29, 0.717) is 11.0 Å². The quantitative estimate of drug-likeness (QED) is 0.767. The minimum atomic E-state index is -0.0221. The van der Waals surface area contributed by atoms with E-state index in [9.17, 15) is 4.79 Å². The molecule has 0 aromatic heterocycles. The molecule has 0 radical (unpaired) electrons. The minimum Gasteiger partial charge on any atom is -0.350 e. The van der Waals surface area contributed by atoms with Crippen LogP contribution in [0.5, 0.6) is 0 Å². The Morgan fingerprint density at radius 1 is 1.35 bits per heavy atom. The predicted octanol–water partition coefficient (Wildman–Crippen LogP) is 2.17. The molecule has 1 amide bonds. The van der Waals surface area contributed by atoms with Gasteiger partial charge in [-0.2, -0.15) is 0 Å². The summed E-state index contributed by atoms with van der Waals surface area (Å²) in [5.41, 5.74) is -0.0221. The highest BCUT2D eigenvalue weighted by molar-refractivity contribution is 8.00. The average molecular weight is 258 g/mol. The number of amides is 1. The van der Waals surface area contributed by atoms with Gasteiger partial charge in [-0.3, -0.25) is 4.79 Å². The number of hydrogen-bond acceptors (Lipinski definition) is 3. The lowest BCUT2D eigenvalue weighted by molar-refractivity contribution is -0.120. The van der Waals surface area contributed by atoms with Gasteiger partial charge >= 0.3 is 0 Å². The molecule has 0 saturated carbocycles. The first-order valence-electron chi connectivity index (χ1n) is 6.73. The fourth-order valence-electron chi connectivity index (χ4n) is 1.96. The molecule has 0 unspecified atom stereocenters. The van der Waals surface area contributed by atoms with E-state index in [1.54, 1.807) is 0 Å². The number of hydrogen-bond donors (Lipinski definition) is 2. The maximum Gasteiger partial charge on any atom is 0.230 e. The summed E-state index contributed by atoms with van der Waals surface area (Å²) in [6, 6.07) is 0. The average Bonchev–Trinajstić information content (AvgIpc) is 2.37. The molecule has 17 heavy (non-hydrogen) atoms.